The number of benzene rings is 1. The first kappa shape index (κ1) is 15.3. The summed E-state index contributed by atoms with van der Waals surface area (Å²) in [5.41, 5.74) is 2.27. The summed E-state index contributed by atoms with van der Waals surface area (Å²) in [6.45, 7) is 3.12. The zero-order valence-electron chi connectivity index (χ0n) is 11.4. The fourth-order valence-corrected chi connectivity index (χ4v) is 2.53. The summed E-state index contributed by atoms with van der Waals surface area (Å²) >= 11 is 12.3. The van der Waals surface area contributed by atoms with E-state index in [2.05, 4.69) is 17.2 Å². The summed E-state index contributed by atoms with van der Waals surface area (Å²) in [6.07, 6.45) is 5.53. The zero-order valence-corrected chi connectivity index (χ0v) is 13.0. The highest BCUT2D eigenvalue weighted by molar-refractivity contribution is 6.33. The van der Waals surface area contributed by atoms with Crippen LogP contribution in [0.5, 0.6) is 0 Å². The molecule has 1 N–H and O–H groups in total. The van der Waals surface area contributed by atoms with Crippen LogP contribution in [0.25, 0.3) is 0 Å². The highest BCUT2D eigenvalue weighted by atomic mass is 35.5. The lowest BCUT2D eigenvalue weighted by atomic mass is 9.99. The van der Waals surface area contributed by atoms with Gasteiger partial charge < -0.3 is 5.32 Å². The number of hydrogen-bond acceptors (Lipinski definition) is 2. The van der Waals surface area contributed by atoms with Gasteiger partial charge in [0.25, 0.3) is 0 Å². The second kappa shape index (κ2) is 7.63. The van der Waals surface area contributed by atoms with E-state index in [1.165, 1.54) is 5.56 Å². The van der Waals surface area contributed by atoms with Gasteiger partial charge in [0.2, 0.25) is 0 Å². The van der Waals surface area contributed by atoms with Crippen molar-refractivity contribution in [2.45, 2.75) is 25.8 Å². The fourth-order valence-electron chi connectivity index (χ4n) is 2.14. The normalized spacial score (nSPS) is 12.3. The Morgan fingerprint density at radius 3 is 2.60 bits per heavy atom. The van der Waals surface area contributed by atoms with Crippen molar-refractivity contribution in [3.63, 3.8) is 0 Å². The monoisotopic (exact) mass is 308 g/mol. The second-order valence-corrected chi connectivity index (χ2v) is 5.57. The number of pyridine rings is 1. The summed E-state index contributed by atoms with van der Waals surface area (Å²) in [4.78, 5) is 4.07. The third kappa shape index (κ3) is 4.20. The standard InChI is InChI=1S/C16H18Cl2N2/c1-2-7-20-16(12-5-8-19-9-6-12)11-13-10-14(17)3-4-15(13)18/h3-6,8-10,16,20H,2,7,11H2,1H3. The lowest BCUT2D eigenvalue weighted by Crippen LogP contribution is -2.24. The number of nitrogens with zero attached hydrogens (tertiary/aromatic N) is 1. The summed E-state index contributed by atoms with van der Waals surface area (Å²) in [5.74, 6) is 0. The van der Waals surface area contributed by atoms with Crippen LogP contribution in [0.2, 0.25) is 10.0 Å². The summed E-state index contributed by atoms with van der Waals surface area (Å²) in [6, 6.07) is 9.88. The van der Waals surface area contributed by atoms with Crippen LogP contribution in [0.4, 0.5) is 0 Å². The minimum atomic E-state index is 0.217. The Morgan fingerprint density at radius 1 is 1.15 bits per heavy atom. The van der Waals surface area contributed by atoms with Gasteiger partial charge in [-0.25, -0.2) is 0 Å². The van der Waals surface area contributed by atoms with Gasteiger partial charge in [-0.05, 0) is 60.8 Å². The van der Waals surface area contributed by atoms with Crippen molar-refractivity contribution in [1.29, 1.82) is 0 Å². The predicted molar refractivity (Wildman–Crippen MR) is 85.4 cm³/mol. The number of hydrogen-bond donors (Lipinski definition) is 1. The molecule has 0 bridgehead atoms. The van der Waals surface area contributed by atoms with Crippen molar-refractivity contribution in [2.24, 2.45) is 0 Å². The minimum Gasteiger partial charge on any atom is -0.310 e. The van der Waals surface area contributed by atoms with Gasteiger partial charge in [-0.15, -0.1) is 0 Å². The molecule has 0 amide bonds. The molecule has 2 aromatic rings. The molecule has 1 aromatic carbocycles. The minimum absolute atomic E-state index is 0.217. The van der Waals surface area contributed by atoms with Crippen LogP contribution in [0.1, 0.15) is 30.5 Å². The van der Waals surface area contributed by atoms with E-state index < -0.39 is 0 Å². The molecular weight excluding hydrogens is 291 g/mol. The van der Waals surface area contributed by atoms with Crippen molar-refractivity contribution >= 4 is 23.2 Å². The average Bonchev–Trinajstić information content (AvgIpc) is 2.48. The highest BCUT2D eigenvalue weighted by Gasteiger charge is 2.13. The van der Waals surface area contributed by atoms with Gasteiger partial charge in [0.1, 0.15) is 0 Å². The molecule has 1 aromatic heterocycles. The molecule has 0 saturated carbocycles. The van der Waals surface area contributed by atoms with E-state index >= 15 is 0 Å². The van der Waals surface area contributed by atoms with E-state index in [4.69, 9.17) is 23.2 Å². The van der Waals surface area contributed by atoms with E-state index in [0.717, 1.165) is 30.0 Å². The van der Waals surface area contributed by atoms with Crippen molar-refractivity contribution < 1.29 is 0 Å². The van der Waals surface area contributed by atoms with Gasteiger partial charge in [-0.1, -0.05) is 30.1 Å². The fraction of sp³-hybridized carbons (Fsp3) is 0.312. The number of rotatable bonds is 6. The molecule has 4 heteroatoms. The van der Waals surface area contributed by atoms with Crippen LogP contribution in [-0.2, 0) is 6.42 Å². The summed E-state index contributed by atoms with van der Waals surface area (Å²) < 4.78 is 0. The molecule has 1 unspecified atom stereocenters. The summed E-state index contributed by atoms with van der Waals surface area (Å²) in [7, 11) is 0. The van der Waals surface area contributed by atoms with E-state index in [-0.39, 0.29) is 6.04 Å². The van der Waals surface area contributed by atoms with Gasteiger partial charge in [-0.3, -0.25) is 4.98 Å². The molecule has 2 nitrogen and oxygen atoms in total. The van der Waals surface area contributed by atoms with Crippen LogP contribution in [-0.4, -0.2) is 11.5 Å². The Kier molecular flexibility index (Phi) is 5.84. The zero-order chi connectivity index (χ0) is 14.4. The van der Waals surface area contributed by atoms with Crippen molar-refractivity contribution in [3.05, 3.63) is 63.9 Å². The van der Waals surface area contributed by atoms with E-state index in [0.29, 0.717) is 5.02 Å². The Hall–Kier alpha value is -1.09. The predicted octanol–water partition coefficient (Wildman–Crippen LogP) is 4.67. The van der Waals surface area contributed by atoms with Gasteiger partial charge >= 0.3 is 0 Å². The lowest BCUT2D eigenvalue weighted by molar-refractivity contribution is 0.529. The Labute approximate surface area is 130 Å². The Morgan fingerprint density at radius 2 is 1.90 bits per heavy atom. The molecule has 106 valence electrons. The quantitative estimate of drug-likeness (QED) is 0.838. The maximum atomic E-state index is 6.26. The molecule has 1 atom stereocenters. The molecule has 0 aliphatic heterocycles. The van der Waals surface area contributed by atoms with Crippen LogP contribution < -0.4 is 5.32 Å². The van der Waals surface area contributed by atoms with Gasteiger partial charge in [0.15, 0.2) is 0 Å². The topological polar surface area (TPSA) is 24.9 Å². The molecule has 0 saturated heterocycles. The number of aromatic nitrogens is 1. The molecular formula is C16H18Cl2N2. The Bertz CT molecular complexity index is 543. The smallest absolute Gasteiger partial charge is 0.0439 e. The van der Waals surface area contributed by atoms with E-state index in [9.17, 15) is 0 Å². The molecule has 1 heterocycles. The Balaban J connectivity index is 2.21. The molecule has 0 fully saturated rings. The SMILES string of the molecule is CCCNC(Cc1cc(Cl)ccc1Cl)c1ccncc1. The van der Waals surface area contributed by atoms with Crippen molar-refractivity contribution in [2.75, 3.05) is 6.54 Å². The molecule has 2 rings (SSSR count). The third-order valence-electron chi connectivity index (χ3n) is 3.18. The van der Waals surface area contributed by atoms with Crippen LogP contribution in [0.3, 0.4) is 0 Å². The molecule has 0 aliphatic rings. The maximum absolute atomic E-state index is 6.26. The first-order valence-corrected chi connectivity index (χ1v) is 7.53. The van der Waals surface area contributed by atoms with E-state index in [1.54, 1.807) is 0 Å². The maximum Gasteiger partial charge on any atom is 0.0439 e. The van der Waals surface area contributed by atoms with Crippen molar-refractivity contribution in [3.8, 4) is 0 Å². The van der Waals surface area contributed by atoms with Gasteiger partial charge in [0.05, 0.1) is 0 Å². The highest BCUT2D eigenvalue weighted by Crippen LogP contribution is 2.26. The van der Waals surface area contributed by atoms with Gasteiger partial charge in [0, 0.05) is 28.5 Å². The molecule has 0 spiro atoms. The largest absolute Gasteiger partial charge is 0.310 e. The third-order valence-corrected chi connectivity index (χ3v) is 3.78. The van der Waals surface area contributed by atoms with Crippen molar-refractivity contribution in [1.82, 2.24) is 10.3 Å². The summed E-state index contributed by atoms with van der Waals surface area (Å²) in [5, 5.41) is 5.02. The first-order chi connectivity index (χ1) is 9.70. The number of halogens is 2. The van der Waals surface area contributed by atoms with Gasteiger partial charge in [-0.2, -0.15) is 0 Å². The van der Waals surface area contributed by atoms with E-state index in [1.807, 2.05) is 42.7 Å². The first-order valence-electron chi connectivity index (χ1n) is 6.78. The molecule has 0 radical (unpaired) electrons. The van der Waals surface area contributed by atoms with Crippen LogP contribution in [0, 0.1) is 0 Å². The van der Waals surface area contributed by atoms with Crippen LogP contribution in [0.15, 0.2) is 42.7 Å². The molecule has 20 heavy (non-hydrogen) atoms. The average molecular weight is 309 g/mol. The lowest BCUT2D eigenvalue weighted by Gasteiger charge is -2.19. The number of nitrogens with one attached hydrogen (secondary N) is 1. The second-order valence-electron chi connectivity index (χ2n) is 4.73. The van der Waals surface area contributed by atoms with Crippen LogP contribution >= 0.6 is 23.2 Å². The molecule has 0 aliphatic carbocycles.